The largest absolute Gasteiger partial charge is 0.497 e. The van der Waals surface area contributed by atoms with Gasteiger partial charge in [-0.2, -0.15) is 0 Å². The van der Waals surface area contributed by atoms with Crippen LogP contribution >= 0.6 is 0 Å². The van der Waals surface area contributed by atoms with Crippen molar-refractivity contribution in [2.24, 2.45) is 4.99 Å². The lowest BCUT2D eigenvalue weighted by atomic mass is 10.2. The fourth-order valence-corrected chi connectivity index (χ4v) is 1.85. The van der Waals surface area contributed by atoms with E-state index in [1.54, 1.807) is 7.11 Å². The number of nitrogens with zero attached hydrogens (tertiary/aromatic N) is 2. The number of benzene rings is 1. The van der Waals surface area contributed by atoms with Gasteiger partial charge in [-0.3, -0.25) is 4.99 Å². The van der Waals surface area contributed by atoms with Gasteiger partial charge in [-0.15, -0.1) is 0 Å². The van der Waals surface area contributed by atoms with Gasteiger partial charge in [-0.05, 0) is 24.6 Å². The van der Waals surface area contributed by atoms with Gasteiger partial charge in [0.25, 0.3) is 0 Å². The number of hydrogen-bond donors (Lipinski definition) is 1. The molecular formula is C13H19N3O. The zero-order valence-electron chi connectivity index (χ0n) is 10.6. The van der Waals surface area contributed by atoms with Crippen LogP contribution in [-0.2, 0) is 6.54 Å². The highest BCUT2D eigenvalue weighted by molar-refractivity contribution is 5.81. The summed E-state index contributed by atoms with van der Waals surface area (Å²) in [6.07, 6.45) is 0. The Hall–Kier alpha value is -1.71. The molecule has 0 fully saturated rings. The Kier molecular flexibility index (Phi) is 3.52. The van der Waals surface area contributed by atoms with Crippen LogP contribution in [0.3, 0.4) is 0 Å². The first kappa shape index (κ1) is 11.8. The fourth-order valence-electron chi connectivity index (χ4n) is 1.85. The Labute approximate surface area is 102 Å². The molecule has 1 atom stereocenters. The highest BCUT2D eigenvalue weighted by Crippen LogP contribution is 2.13. The number of methoxy groups -OCH3 is 1. The molecule has 0 saturated heterocycles. The molecule has 1 aromatic rings. The summed E-state index contributed by atoms with van der Waals surface area (Å²) in [5.74, 6) is 1.87. The molecule has 0 aliphatic carbocycles. The molecule has 0 bridgehead atoms. The molecule has 4 nitrogen and oxygen atoms in total. The van der Waals surface area contributed by atoms with E-state index in [1.165, 1.54) is 5.56 Å². The number of ether oxygens (including phenoxy) is 1. The number of guanidine groups is 1. The van der Waals surface area contributed by atoms with Gasteiger partial charge in [0.15, 0.2) is 5.96 Å². The molecule has 92 valence electrons. The van der Waals surface area contributed by atoms with Crippen molar-refractivity contribution >= 4 is 5.96 Å². The monoisotopic (exact) mass is 233 g/mol. The van der Waals surface area contributed by atoms with E-state index in [0.717, 1.165) is 24.8 Å². The van der Waals surface area contributed by atoms with Gasteiger partial charge in [0.2, 0.25) is 0 Å². The van der Waals surface area contributed by atoms with Gasteiger partial charge < -0.3 is 15.0 Å². The summed E-state index contributed by atoms with van der Waals surface area (Å²) in [5.41, 5.74) is 1.25. The molecule has 1 aromatic carbocycles. The number of nitrogens with one attached hydrogen (secondary N) is 1. The Morgan fingerprint density at radius 2 is 2.12 bits per heavy atom. The Morgan fingerprint density at radius 3 is 2.65 bits per heavy atom. The Morgan fingerprint density at radius 1 is 1.41 bits per heavy atom. The summed E-state index contributed by atoms with van der Waals surface area (Å²) < 4.78 is 5.14. The summed E-state index contributed by atoms with van der Waals surface area (Å²) in [7, 11) is 3.73. The smallest absolute Gasteiger partial charge is 0.194 e. The van der Waals surface area contributed by atoms with E-state index in [0.29, 0.717) is 6.04 Å². The predicted octanol–water partition coefficient (Wildman–Crippen LogP) is 1.47. The summed E-state index contributed by atoms with van der Waals surface area (Å²) in [4.78, 5) is 6.58. The van der Waals surface area contributed by atoms with Gasteiger partial charge >= 0.3 is 0 Å². The Bertz CT molecular complexity index is 400. The second-order valence-corrected chi connectivity index (χ2v) is 4.41. The minimum atomic E-state index is 0.448. The number of hydrogen-bond acceptors (Lipinski definition) is 4. The molecule has 1 aliphatic heterocycles. The van der Waals surface area contributed by atoms with Crippen LogP contribution in [0.5, 0.6) is 5.75 Å². The van der Waals surface area contributed by atoms with Crippen molar-refractivity contribution in [2.75, 3.05) is 20.7 Å². The molecule has 0 saturated carbocycles. The third kappa shape index (κ3) is 2.90. The molecule has 0 spiro atoms. The van der Waals surface area contributed by atoms with E-state index in [-0.39, 0.29) is 0 Å². The number of rotatable bonds is 3. The fraction of sp³-hybridized carbons (Fsp3) is 0.462. The second-order valence-electron chi connectivity index (χ2n) is 4.41. The normalized spacial score (nSPS) is 18.5. The van der Waals surface area contributed by atoms with Crippen LogP contribution in [-0.4, -0.2) is 37.6 Å². The van der Waals surface area contributed by atoms with E-state index in [2.05, 4.69) is 34.3 Å². The average molecular weight is 233 g/mol. The van der Waals surface area contributed by atoms with Gasteiger partial charge in [-0.1, -0.05) is 12.1 Å². The highest BCUT2D eigenvalue weighted by atomic mass is 16.5. The standard InChI is InChI=1S/C13H19N3O/c1-10-8-14-13(15-10)16(2)9-11-4-6-12(17-3)7-5-11/h4-7,10H,8-9H2,1-3H3,(H,14,15). The lowest BCUT2D eigenvalue weighted by molar-refractivity contribution is 0.414. The number of aliphatic imine (C=N–C) groups is 1. The molecule has 1 unspecified atom stereocenters. The molecule has 17 heavy (non-hydrogen) atoms. The summed E-state index contributed by atoms with van der Waals surface area (Å²) in [6, 6.07) is 8.57. The van der Waals surface area contributed by atoms with Gasteiger partial charge in [0.05, 0.1) is 13.7 Å². The van der Waals surface area contributed by atoms with Crippen LogP contribution in [0.25, 0.3) is 0 Å². The molecule has 1 aliphatic rings. The molecule has 4 heteroatoms. The summed E-state index contributed by atoms with van der Waals surface area (Å²) >= 11 is 0. The predicted molar refractivity (Wildman–Crippen MR) is 69.4 cm³/mol. The molecule has 1 heterocycles. The van der Waals surface area contributed by atoms with Gasteiger partial charge in [0.1, 0.15) is 5.75 Å². The van der Waals surface area contributed by atoms with E-state index >= 15 is 0 Å². The second kappa shape index (κ2) is 5.08. The van der Waals surface area contributed by atoms with Crippen LogP contribution in [0, 0.1) is 0 Å². The molecule has 0 aromatic heterocycles. The Balaban J connectivity index is 1.95. The lowest BCUT2D eigenvalue weighted by Gasteiger charge is -2.20. The zero-order chi connectivity index (χ0) is 12.3. The maximum atomic E-state index is 5.14. The summed E-state index contributed by atoms with van der Waals surface area (Å²) in [6.45, 7) is 3.85. The third-order valence-corrected chi connectivity index (χ3v) is 2.83. The van der Waals surface area contributed by atoms with Crippen molar-refractivity contribution in [1.82, 2.24) is 10.2 Å². The van der Waals surface area contributed by atoms with E-state index < -0.39 is 0 Å². The molecule has 0 amide bonds. The highest BCUT2D eigenvalue weighted by Gasteiger charge is 2.15. The zero-order valence-corrected chi connectivity index (χ0v) is 10.6. The van der Waals surface area contributed by atoms with E-state index in [1.807, 2.05) is 19.2 Å². The molecule has 1 N–H and O–H groups in total. The van der Waals surface area contributed by atoms with Crippen molar-refractivity contribution in [3.05, 3.63) is 29.8 Å². The SMILES string of the molecule is COc1ccc(CN(C)C2=NCC(C)N2)cc1. The molecule has 0 radical (unpaired) electrons. The molecule has 2 rings (SSSR count). The minimum absolute atomic E-state index is 0.448. The minimum Gasteiger partial charge on any atom is -0.497 e. The van der Waals surface area contributed by atoms with E-state index in [4.69, 9.17) is 4.74 Å². The van der Waals surface area contributed by atoms with Crippen LogP contribution in [0.2, 0.25) is 0 Å². The van der Waals surface area contributed by atoms with Gasteiger partial charge in [-0.25, -0.2) is 0 Å². The van der Waals surface area contributed by atoms with Crippen molar-refractivity contribution in [1.29, 1.82) is 0 Å². The van der Waals surface area contributed by atoms with Crippen LogP contribution < -0.4 is 10.1 Å². The van der Waals surface area contributed by atoms with Crippen LogP contribution in [0.4, 0.5) is 0 Å². The quantitative estimate of drug-likeness (QED) is 0.859. The van der Waals surface area contributed by atoms with Crippen molar-refractivity contribution < 1.29 is 4.74 Å². The van der Waals surface area contributed by atoms with Crippen LogP contribution in [0.1, 0.15) is 12.5 Å². The van der Waals surface area contributed by atoms with Gasteiger partial charge in [0, 0.05) is 19.6 Å². The third-order valence-electron chi connectivity index (χ3n) is 2.83. The van der Waals surface area contributed by atoms with Crippen molar-refractivity contribution in [3.8, 4) is 5.75 Å². The lowest BCUT2D eigenvalue weighted by Crippen LogP contribution is -2.38. The maximum Gasteiger partial charge on any atom is 0.194 e. The first-order valence-electron chi connectivity index (χ1n) is 5.84. The van der Waals surface area contributed by atoms with Crippen molar-refractivity contribution in [3.63, 3.8) is 0 Å². The topological polar surface area (TPSA) is 36.9 Å². The van der Waals surface area contributed by atoms with E-state index in [9.17, 15) is 0 Å². The average Bonchev–Trinajstić information content (AvgIpc) is 2.77. The maximum absolute atomic E-state index is 5.14. The molecular weight excluding hydrogens is 214 g/mol. The summed E-state index contributed by atoms with van der Waals surface area (Å²) in [5, 5.41) is 3.35. The van der Waals surface area contributed by atoms with Crippen molar-refractivity contribution in [2.45, 2.75) is 19.5 Å². The van der Waals surface area contributed by atoms with Crippen LogP contribution in [0.15, 0.2) is 29.3 Å². The first-order valence-corrected chi connectivity index (χ1v) is 5.84. The first-order chi connectivity index (χ1) is 8.19.